The van der Waals surface area contributed by atoms with Gasteiger partial charge in [-0.2, -0.15) is 0 Å². The van der Waals surface area contributed by atoms with Crippen molar-refractivity contribution in [1.82, 2.24) is 10.3 Å². The van der Waals surface area contributed by atoms with Crippen LogP contribution < -0.4 is 5.32 Å². The third-order valence-electron chi connectivity index (χ3n) is 3.41. The smallest absolute Gasteiger partial charge is 0.228 e. The Hall–Kier alpha value is -1.48. The van der Waals surface area contributed by atoms with Gasteiger partial charge in [0.15, 0.2) is 0 Å². The molecule has 88 valence electrons. The third kappa shape index (κ3) is 1.53. The Bertz CT molecular complexity index is 603. The lowest BCUT2D eigenvalue weighted by Gasteiger charge is -2.06. The van der Waals surface area contributed by atoms with Crippen molar-refractivity contribution < 1.29 is 4.79 Å². The Morgan fingerprint density at radius 2 is 2.24 bits per heavy atom. The van der Waals surface area contributed by atoms with Crippen LogP contribution in [0, 0.1) is 0 Å². The second-order valence-electron chi connectivity index (χ2n) is 4.44. The van der Waals surface area contributed by atoms with Gasteiger partial charge in [0, 0.05) is 23.1 Å². The van der Waals surface area contributed by atoms with E-state index in [1.165, 1.54) is 5.56 Å². The van der Waals surface area contributed by atoms with Crippen molar-refractivity contribution in [2.24, 2.45) is 0 Å². The average Bonchev–Trinajstić information content (AvgIpc) is 2.62. The van der Waals surface area contributed by atoms with E-state index in [1.54, 1.807) is 0 Å². The number of amides is 1. The first-order valence-electron chi connectivity index (χ1n) is 5.75. The molecule has 0 saturated heterocycles. The number of fused-ring (bicyclic) bond motifs is 3. The van der Waals surface area contributed by atoms with Gasteiger partial charge < -0.3 is 10.3 Å². The van der Waals surface area contributed by atoms with Crippen molar-refractivity contribution in [2.75, 3.05) is 6.54 Å². The maximum absolute atomic E-state index is 11.8. The zero-order valence-corrected chi connectivity index (χ0v) is 10.3. The number of rotatable bonds is 0. The van der Waals surface area contributed by atoms with Crippen LogP contribution in [-0.2, 0) is 11.2 Å². The van der Waals surface area contributed by atoms with E-state index in [4.69, 9.17) is 11.6 Å². The Morgan fingerprint density at radius 1 is 1.41 bits per heavy atom. The standard InChI is InChI=1S/C13H13ClN2O/c1-7-12-8(5-6-15-13(7)17)11-9(14)3-2-4-10(11)16-12/h2-4,7,16H,5-6H2,1H3,(H,15,17)/t7-/m0/s1. The SMILES string of the molecule is C[C@@H]1C(=O)NCCc2c1[nH]c1cccc(Cl)c21. The van der Waals surface area contributed by atoms with E-state index in [0.29, 0.717) is 6.54 Å². The molecule has 2 heterocycles. The van der Waals surface area contributed by atoms with Crippen molar-refractivity contribution in [2.45, 2.75) is 19.3 Å². The first-order valence-corrected chi connectivity index (χ1v) is 6.13. The summed E-state index contributed by atoms with van der Waals surface area (Å²) in [7, 11) is 0. The fourth-order valence-electron chi connectivity index (χ4n) is 2.51. The van der Waals surface area contributed by atoms with Crippen molar-refractivity contribution >= 4 is 28.4 Å². The van der Waals surface area contributed by atoms with Crippen LogP contribution in [0.25, 0.3) is 10.9 Å². The summed E-state index contributed by atoms with van der Waals surface area (Å²) in [4.78, 5) is 15.1. The van der Waals surface area contributed by atoms with E-state index in [-0.39, 0.29) is 11.8 Å². The first-order chi connectivity index (χ1) is 8.18. The van der Waals surface area contributed by atoms with Gasteiger partial charge in [0.05, 0.1) is 10.9 Å². The maximum Gasteiger partial charge on any atom is 0.228 e. The molecule has 0 bridgehead atoms. The molecule has 1 amide bonds. The monoisotopic (exact) mass is 248 g/mol. The van der Waals surface area contributed by atoms with Crippen molar-refractivity contribution in [3.05, 3.63) is 34.5 Å². The molecule has 1 aliphatic rings. The van der Waals surface area contributed by atoms with Crippen molar-refractivity contribution in [3.8, 4) is 0 Å². The number of carbonyl (C=O) groups excluding carboxylic acids is 1. The summed E-state index contributed by atoms with van der Waals surface area (Å²) in [5, 5.41) is 4.72. The van der Waals surface area contributed by atoms with Gasteiger partial charge in [-0.25, -0.2) is 0 Å². The van der Waals surface area contributed by atoms with Gasteiger partial charge in [0.25, 0.3) is 0 Å². The largest absolute Gasteiger partial charge is 0.357 e. The van der Waals surface area contributed by atoms with Crippen LogP contribution in [0.3, 0.4) is 0 Å². The summed E-state index contributed by atoms with van der Waals surface area (Å²) in [6.45, 7) is 2.59. The summed E-state index contributed by atoms with van der Waals surface area (Å²) in [6.07, 6.45) is 0.829. The van der Waals surface area contributed by atoms with E-state index in [2.05, 4.69) is 10.3 Å². The summed E-state index contributed by atoms with van der Waals surface area (Å²) < 4.78 is 0. The van der Waals surface area contributed by atoms with Crippen molar-refractivity contribution in [1.29, 1.82) is 0 Å². The van der Waals surface area contributed by atoms with Crippen LogP contribution in [0.1, 0.15) is 24.1 Å². The molecule has 4 heteroatoms. The molecule has 0 radical (unpaired) electrons. The molecule has 2 N–H and O–H groups in total. The van der Waals surface area contributed by atoms with E-state index in [9.17, 15) is 4.79 Å². The molecule has 0 saturated carbocycles. The van der Waals surface area contributed by atoms with Crippen LogP contribution in [0.5, 0.6) is 0 Å². The lowest BCUT2D eigenvalue weighted by Crippen LogP contribution is -2.27. The third-order valence-corrected chi connectivity index (χ3v) is 3.73. The zero-order valence-electron chi connectivity index (χ0n) is 9.51. The van der Waals surface area contributed by atoms with Crippen LogP contribution in [-0.4, -0.2) is 17.4 Å². The normalized spacial score (nSPS) is 19.9. The molecular weight excluding hydrogens is 236 g/mol. The van der Waals surface area contributed by atoms with Gasteiger partial charge in [-0.05, 0) is 31.0 Å². The number of carbonyl (C=O) groups is 1. The first kappa shape index (κ1) is 10.7. The van der Waals surface area contributed by atoms with Gasteiger partial charge in [0.1, 0.15) is 0 Å². The van der Waals surface area contributed by atoms with E-state index < -0.39 is 0 Å². The summed E-state index contributed by atoms with van der Waals surface area (Å²) in [6, 6.07) is 5.81. The van der Waals surface area contributed by atoms with Crippen LogP contribution in [0.15, 0.2) is 18.2 Å². The van der Waals surface area contributed by atoms with Crippen molar-refractivity contribution in [3.63, 3.8) is 0 Å². The Balaban J connectivity index is 2.31. The summed E-state index contributed by atoms with van der Waals surface area (Å²) in [5.74, 6) is -0.0672. The van der Waals surface area contributed by atoms with E-state index >= 15 is 0 Å². The number of hydrogen-bond acceptors (Lipinski definition) is 1. The highest BCUT2D eigenvalue weighted by Crippen LogP contribution is 2.33. The molecule has 3 rings (SSSR count). The predicted molar refractivity (Wildman–Crippen MR) is 68.4 cm³/mol. The molecule has 0 fully saturated rings. The Kier molecular flexibility index (Phi) is 2.37. The molecule has 3 nitrogen and oxygen atoms in total. The molecule has 0 unspecified atom stereocenters. The number of H-pyrrole nitrogens is 1. The fraction of sp³-hybridized carbons (Fsp3) is 0.308. The van der Waals surface area contributed by atoms with E-state index in [1.807, 2.05) is 25.1 Å². The zero-order chi connectivity index (χ0) is 12.0. The average molecular weight is 249 g/mol. The van der Waals surface area contributed by atoms with Gasteiger partial charge in [-0.1, -0.05) is 17.7 Å². The highest BCUT2D eigenvalue weighted by Gasteiger charge is 2.25. The van der Waals surface area contributed by atoms with Gasteiger partial charge >= 0.3 is 0 Å². The van der Waals surface area contributed by atoms with Gasteiger partial charge in [-0.15, -0.1) is 0 Å². The molecule has 2 aromatic rings. The molecule has 0 spiro atoms. The Labute approximate surface area is 104 Å². The van der Waals surface area contributed by atoms with Crippen LogP contribution >= 0.6 is 11.6 Å². The van der Waals surface area contributed by atoms with Crippen LogP contribution in [0.2, 0.25) is 5.02 Å². The van der Waals surface area contributed by atoms with Crippen LogP contribution in [0.4, 0.5) is 0 Å². The highest BCUT2D eigenvalue weighted by atomic mass is 35.5. The Morgan fingerprint density at radius 3 is 3.06 bits per heavy atom. The molecular formula is C13H13ClN2O. The minimum atomic E-state index is -0.143. The molecule has 1 aromatic carbocycles. The second-order valence-corrected chi connectivity index (χ2v) is 4.85. The fourth-order valence-corrected chi connectivity index (χ4v) is 2.80. The number of aromatic amines is 1. The second kappa shape index (κ2) is 3.77. The van der Waals surface area contributed by atoms with E-state index in [0.717, 1.165) is 28.0 Å². The number of hydrogen-bond donors (Lipinski definition) is 2. The highest BCUT2D eigenvalue weighted by molar-refractivity contribution is 6.35. The minimum Gasteiger partial charge on any atom is -0.357 e. The van der Waals surface area contributed by atoms with Gasteiger partial charge in [0.2, 0.25) is 5.91 Å². The molecule has 0 aliphatic carbocycles. The summed E-state index contributed by atoms with van der Waals surface area (Å²) in [5.41, 5.74) is 3.20. The topological polar surface area (TPSA) is 44.9 Å². The number of halogens is 1. The predicted octanol–water partition coefficient (Wildman–Crippen LogP) is 2.60. The molecule has 1 atom stereocenters. The lowest BCUT2D eigenvalue weighted by molar-refractivity contribution is -0.122. The number of nitrogens with one attached hydrogen (secondary N) is 2. The number of aromatic nitrogens is 1. The summed E-state index contributed by atoms with van der Waals surface area (Å²) >= 11 is 6.25. The molecule has 1 aromatic heterocycles. The number of benzene rings is 1. The van der Waals surface area contributed by atoms with Gasteiger partial charge in [-0.3, -0.25) is 4.79 Å². The maximum atomic E-state index is 11.8. The molecule has 17 heavy (non-hydrogen) atoms. The quantitative estimate of drug-likeness (QED) is 0.740. The lowest BCUT2D eigenvalue weighted by atomic mass is 10.0. The molecule has 1 aliphatic heterocycles. The minimum absolute atomic E-state index is 0.0754.